The predicted octanol–water partition coefficient (Wildman–Crippen LogP) is 4.57. The minimum atomic E-state index is -0.0772. The van der Waals surface area contributed by atoms with Crippen LogP contribution in [0.1, 0.15) is 31.0 Å². The molecule has 1 aliphatic heterocycles. The van der Waals surface area contributed by atoms with Crippen LogP contribution in [0.25, 0.3) is 16.6 Å². The quantitative estimate of drug-likeness (QED) is 0.482. The second kappa shape index (κ2) is 8.53. The standard InChI is InChI=1S/C23H23ClN6O/c24-17-8-9-22(30-15-25-14-26-30)20(12-17)28-23(31)13-29-10-4-3-7-21(29)19-11-16-5-1-2-6-18(16)27-19/h1-2,5-6,8-9,11-12,14-15,21,27H,3-4,7,10,13H2,(H,28,31). The summed E-state index contributed by atoms with van der Waals surface area (Å²) in [6.07, 6.45) is 6.32. The predicted molar refractivity (Wildman–Crippen MR) is 121 cm³/mol. The van der Waals surface area contributed by atoms with E-state index in [1.54, 1.807) is 23.1 Å². The Morgan fingerprint density at radius 3 is 2.94 bits per heavy atom. The Morgan fingerprint density at radius 2 is 2.10 bits per heavy atom. The molecule has 1 unspecified atom stereocenters. The van der Waals surface area contributed by atoms with E-state index in [9.17, 15) is 4.79 Å². The summed E-state index contributed by atoms with van der Waals surface area (Å²) in [5.41, 5.74) is 3.63. The zero-order valence-electron chi connectivity index (χ0n) is 17.0. The molecule has 0 saturated carbocycles. The van der Waals surface area contributed by atoms with Crippen molar-refractivity contribution in [2.75, 3.05) is 18.4 Å². The Labute approximate surface area is 185 Å². The lowest BCUT2D eigenvalue weighted by Gasteiger charge is -2.34. The van der Waals surface area contributed by atoms with E-state index in [4.69, 9.17) is 11.6 Å². The smallest absolute Gasteiger partial charge is 0.238 e. The lowest BCUT2D eigenvalue weighted by molar-refractivity contribution is -0.118. The molecule has 2 aromatic carbocycles. The van der Waals surface area contributed by atoms with Gasteiger partial charge in [-0.15, -0.1) is 0 Å². The van der Waals surface area contributed by atoms with Gasteiger partial charge in [0, 0.05) is 16.2 Å². The van der Waals surface area contributed by atoms with Gasteiger partial charge in [-0.2, -0.15) is 5.10 Å². The zero-order chi connectivity index (χ0) is 21.2. The molecule has 0 bridgehead atoms. The minimum absolute atomic E-state index is 0.0772. The number of rotatable bonds is 5. The van der Waals surface area contributed by atoms with Crippen molar-refractivity contribution in [2.45, 2.75) is 25.3 Å². The maximum absolute atomic E-state index is 13.0. The third kappa shape index (κ3) is 4.19. The van der Waals surface area contributed by atoms with Crippen molar-refractivity contribution >= 4 is 34.1 Å². The monoisotopic (exact) mass is 434 g/mol. The van der Waals surface area contributed by atoms with Crippen LogP contribution in [0.15, 0.2) is 61.2 Å². The van der Waals surface area contributed by atoms with Crippen LogP contribution in [-0.4, -0.2) is 43.6 Å². The van der Waals surface area contributed by atoms with Gasteiger partial charge in [0.1, 0.15) is 12.7 Å². The fraction of sp³-hybridized carbons (Fsp3) is 0.261. The molecule has 0 spiro atoms. The van der Waals surface area contributed by atoms with Gasteiger partial charge in [0.25, 0.3) is 0 Å². The molecule has 1 aliphatic rings. The summed E-state index contributed by atoms with van der Waals surface area (Å²) < 4.78 is 1.61. The van der Waals surface area contributed by atoms with Crippen LogP contribution in [0.3, 0.4) is 0 Å². The van der Waals surface area contributed by atoms with Gasteiger partial charge in [-0.3, -0.25) is 9.69 Å². The SMILES string of the molecule is O=C(CN1CCCCC1c1cc2ccccc2[nH]1)Nc1cc(Cl)ccc1-n1cncn1. The Bertz CT molecular complexity index is 1170. The highest BCUT2D eigenvalue weighted by atomic mass is 35.5. The number of amides is 1. The number of halogens is 1. The molecule has 1 saturated heterocycles. The zero-order valence-corrected chi connectivity index (χ0v) is 17.7. The normalized spacial score (nSPS) is 17.1. The highest BCUT2D eigenvalue weighted by molar-refractivity contribution is 6.31. The van der Waals surface area contributed by atoms with E-state index in [0.29, 0.717) is 17.3 Å². The maximum atomic E-state index is 13.0. The molecule has 0 radical (unpaired) electrons. The topological polar surface area (TPSA) is 78.8 Å². The number of aromatic amines is 1. The number of carbonyl (C=O) groups is 1. The Morgan fingerprint density at radius 1 is 1.19 bits per heavy atom. The number of fused-ring (bicyclic) bond motifs is 1. The van der Waals surface area contributed by atoms with Crippen LogP contribution in [0.4, 0.5) is 5.69 Å². The number of para-hydroxylation sites is 1. The summed E-state index contributed by atoms with van der Waals surface area (Å²) in [5, 5.41) is 8.94. The molecule has 158 valence electrons. The summed E-state index contributed by atoms with van der Waals surface area (Å²) >= 11 is 6.18. The van der Waals surface area contributed by atoms with Gasteiger partial charge >= 0.3 is 0 Å². The molecule has 4 aromatic rings. The lowest BCUT2D eigenvalue weighted by atomic mass is 9.99. The number of hydrogen-bond donors (Lipinski definition) is 2. The molecule has 7 nitrogen and oxygen atoms in total. The maximum Gasteiger partial charge on any atom is 0.238 e. The first-order chi connectivity index (χ1) is 15.2. The van der Waals surface area contributed by atoms with E-state index in [2.05, 4.69) is 43.5 Å². The van der Waals surface area contributed by atoms with Gasteiger partial charge < -0.3 is 10.3 Å². The second-order valence-electron chi connectivity index (χ2n) is 7.84. The molecular formula is C23H23ClN6O. The van der Waals surface area contributed by atoms with Crippen LogP contribution in [0, 0.1) is 0 Å². The van der Waals surface area contributed by atoms with Crippen molar-refractivity contribution in [1.29, 1.82) is 0 Å². The number of carbonyl (C=O) groups excluding carboxylic acids is 1. The average Bonchev–Trinajstić information content (AvgIpc) is 3.44. The molecular weight excluding hydrogens is 412 g/mol. The largest absolute Gasteiger partial charge is 0.357 e. The van der Waals surface area contributed by atoms with Gasteiger partial charge in [-0.25, -0.2) is 9.67 Å². The van der Waals surface area contributed by atoms with Crippen molar-refractivity contribution in [1.82, 2.24) is 24.6 Å². The molecule has 31 heavy (non-hydrogen) atoms. The van der Waals surface area contributed by atoms with Gasteiger partial charge in [-0.1, -0.05) is 36.2 Å². The summed E-state index contributed by atoms with van der Waals surface area (Å²) in [4.78, 5) is 22.8. The van der Waals surface area contributed by atoms with Crippen molar-refractivity contribution in [3.05, 3.63) is 71.9 Å². The van der Waals surface area contributed by atoms with E-state index >= 15 is 0 Å². The van der Waals surface area contributed by atoms with Crippen LogP contribution < -0.4 is 5.32 Å². The number of piperidine rings is 1. The highest BCUT2D eigenvalue weighted by Crippen LogP contribution is 2.32. The highest BCUT2D eigenvalue weighted by Gasteiger charge is 2.27. The number of hydrogen-bond acceptors (Lipinski definition) is 4. The summed E-state index contributed by atoms with van der Waals surface area (Å²) in [6, 6.07) is 16.0. The number of aromatic nitrogens is 4. The van der Waals surface area contributed by atoms with E-state index in [-0.39, 0.29) is 11.9 Å². The molecule has 3 heterocycles. The molecule has 1 amide bonds. The second-order valence-corrected chi connectivity index (χ2v) is 8.28. The van der Waals surface area contributed by atoms with E-state index in [1.165, 1.54) is 17.4 Å². The van der Waals surface area contributed by atoms with Crippen LogP contribution >= 0.6 is 11.6 Å². The number of nitrogens with zero attached hydrogens (tertiary/aromatic N) is 4. The number of benzene rings is 2. The van der Waals surface area contributed by atoms with E-state index < -0.39 is 0 Å². The third-order valence-electron chi connectivity index (χ3n) is 5.77. The first-order valence-corrected chi connectivity index (χ1v) is 10.8. The van der Waals surface area contributed by atoms with Crippen molar-refractivity contribution in [3.63, 3.8) is 0 Å². The van der Waals surface area contributed by atoms with Gasteiger partial charge in [0.05, 0.1) is 24.0 Å². The first kappa shape index (κ1) is 19.8. The van der Waals surface area contributed by atoms with Crippen molar-refractivity contribution in [3.8, 4) is 5.69 Å². The van der Waals surface area contributed by atoms with Gasteiger partial charge in [0.15, 0.2) is 0 Å². The van der Waals surface area contributed by atoms with E-state index in [1.807, 2.05) is 18.2 Å². The number of H-pyrrole nitrogens is 1. The Hall–Kier alpha value is -3.16. The van der Waals surface area contributed by atoms with Crippen molar-refractivity contribution < 1.29 is 4.79 Å². The molecule has 0 aliphatic carbocycles. The third-order valence-corrected chi connectivity index (χ3v) is 6.00. The number of nitrogens with one attached hydrogen (secondary N) is 2. The van der Waals surface area contributed by atoms with E-state index in [0.717, 1.165) is 37.0 Å². The van der Waals surface area contributed by atoms with Crippen LogP contribution in [0.2, 0.25) is 5.02 Å². The molecule has 8 heteroatoms. The fourth-order valence-corrected chi connectivity index (χ4v) is 4.49. The summed E-state index contributed by atoms with van der Waals surface area (Å²) in [7, 11) is 0. The number of likely N-dealkylation sites (tertiary alicyclic amines) is 1. The van der Waals surface area contributed by atoms with Crippen LogP contribution in [0.5, 0.6) is 0 Å². The van der Waals surface area contributed by atoms with Crippen LogP contribution in [-0.2, 0) is 4.79 Å². The molecule has 2 N–H and O–H groups in total. The summed E-state index contributed by atoms with van der Waals surface area (Å²) in [6.45, 7) is 1.20. The van der Waals surface area contributed by atoms with Gasteiger partial charge in [-0.05, 0) is 55.1 Å². The Balaban J connectivity index is 1.35. The van der Waals surface area contributed by atoms with Gasteiger partial charge in [0.2, 0.25) is 5.91 Å². The first-order valence-electron chi connectivity index (χ1n) is 10.4. The molecule has 1 fully saturated rings. The molecule has 2 aromatic heterocycles. The fourth-order valence-electron chi connectivity index (χ4n) is 4.32. The average molecular weight is 435 g/mol. The lowest BCUT2D eigenvalue weighted by Crippen LogP contribution is -2.39. The number of anilines is 1. The molecule has 1 atom stereocenters. The molecule has 5 rings (SSSR count). The minimum Gasteiger partial charge on any atom is -0.357 e. The van der Waals surface area contributed by atoms with Crippen molar-refractivity contribution in [2.24, 2.45) is 0 Å². The summed E-state index contributed by atoms with van der Waals surface area (Å²) in [5.74, 6) is -0.0772. The Kier molecular flexibility index (Phi) is 5.44.